The first-order valence-electron chi connectivity index (χ1n) is 6.21. The SMILES string of the molecule is Nc1cc(F)c(Oc2ccc(CCO)cc2)cc1C(=O)O. The Morgan fingerprint density at radius 3 is 2.48 bits per heavy atom. The summed E-state index contributed by atoms with van der Waals surface area (Å²) in [6.07, 6.45) is 0.514. The van der Waals surface area contributed by atoms with Gasteiger partial charge in [-0.2, -0.15) is 0 Å². The highest BCUT2D eigenvalue weighted by Crippen LogP contribution is 2.29. The van der Waals surface area contributed by atoms with E-state index >= 15 is 0 Å². The van der Waals surface area contributed by atoms with E-state index in [1.165, 1.54) is 0 Å². The first kappa shape index (κ1) is 14.8. The van der Waals surface area contributed by atoms with E-state index in [-0.39, 0.29) is 23.6 Å². The van der Waals surface area contributed by atoms with E-state index < -0.39 is 11.8 Å². The molecule has 0 amide bonds. The fourth-order valence-electron chi connectivity index (χ4n) is 1.81. The number of nitrogen functional groups attached to an aromatic ring is 1. The number of aliphatic hydroxyl groups excluding tert-OH is 1. The van der Waals surface area contributed by atoms with Crippen molar-refractivity contribution in [2.45, 2.75) is 6.42 Å². The van der Waals surface area contributed by atoms with E-state index in [0.717, 1.165) is 17.7 Å². The van der Waals surface area contributed by atoms with Gasteiger partial charge in [-0.25, -0.2) is 9.18 Å². The predicted octanol–water partition coefficient (Wildman–Crippen LogP) is 2.43. The van der Waals surface area contributed by atoms with Gasteiger partial charge in [0.2, 0.25) is 0 Å². The molecule has 110 valence electrons. The van der Waals surface area contributed by atoms with Gasteiger partial charge in [0.1, 0.15) is 5.75 Å². The molecule has 0 aliphatic heterocycles. The summed E-state index contributed by atoms with van der Waals surface area (Å²) in [6, 6.07) is 8.66. The number of anilines is 1. The lowest BCUT2D eigenvalue weighted by molar-refractivity contribution is 0.0697. The number of benzene rings is 2. The van der Waals surface area contributed by atoms with Crippen molar-refractivity contribution < 1.29 is 24.1 Å². The minimum Gasteiger partial charge on any atom is -0.478 e. The van der Waals surface area contributed by atoms with Crippen LogP contribution in [0.4, 0.5) is 10.1 Å². The zero-order valence-corrected chi connectivity index (χ0v) is 11.0. The number of hydrogen-bond acceptors (Lipinski definition) is 4. The van der Waals surface area contributed by atoms with Crippen LogP contribution in [0.15, 0.2) is 36.4 Å². The summed E-state index contributed by atoms with van der Waals surface area (Å²) in [7, 11) is 0. The molecule has 0 saturated carbocycles. The van der Waals surface area contributed by atoms with Crippen LogP contribution in [0.3, 0.4) is 0 Å². The maximum atomic E-state index is 13.7. The Kier molecular flexibility index (Phi) is 4.39. The molecular formula is C15H14FNO4. The van der Waals surface area contributed by atoms with Gasteiger partial charge >= 0.3 is 5.97 Å². The molecule has 0 radical (unpaired) electrons. The smallest absolute Gasteiger partial charge is 0.337 e. The zero-order chi connectivity index (χ0) is 15.4. The maximum absolute atomic E-state index is 13.7. The zero-order valence-electron chi connectivity index (χ0n) is 11.0. The number of carboxylic acids is 1. The van der Waals surface area contributed by atoms with E-state index in [2.05, 4.69) is 0 Å². The largest absolute Gasteiger partial charge is 0.478 e. The standard InChI is InChI=1S/C15H14FNO4/c16-12-8-13(17)11(15(19)20)7-14(12)21-10-3-1-9(2-4-10)5-6-18/h1-4,7-8,18H,5-6,17H2,(H,19,20). The molecule has 0 unspecified atom stereocenters. The van der Waals surface area contributed by atoms with Crippen molar-refractivity contribution in [1.82, 2.24) is 0 Å². The van der Waals surface area contributed by atoms with Crippen molar-refractivity contribution >= 4 is 11.7 Å². The molecule has 6 heteroatoms. The van der Waals surface area contributed by atoms with Gasteiger partial charge in [0, 0.05) is 24.4 Å². The Morgan fingerprint density at radius 2 is 1.90 bits per heavy atom. The van der Waals surface area contributed by atoms with E-state index in [9.17, 15) is 9.18 Å². The van der Waals surface area contributed by atoms with Crippen molar-refractivity contribution in [3.63, 3.8) is 0 Å². The number of carboxylic acid groups (broad SMARTS) is 1. The molecule has 0 saturated heterocycles. The molecule has 0 aromatic heterocycles. The Bertz CT molecular complexity index is 655. The number of halogens is 1. The highest BCUT2D eigenvalue weighted by molar-refractivity contribution is 5.94. The predicted molar refractivity (Wildman–Crippen MR) is 75.1 cm³/mol. The summed E-state index contributed by atoms with van der Waals surface area (Å²) in [4.78, 5) is 11.0. The summed E-state index contributed by atoms with van der Waals surface area (Å²) in [5.41, 5.74) is 5.97. The van der Waals surface area contributed by atoms with Crippen LogP contribution in [0, 0.1) is 5.82 Å². The highest BCUT2D eigenvalue weighted by Gasteiger charge is 2.14. The molecule has 4 N–H and O–H groups in total. The van der Waals surface area contributed by atoms with Crippen LogP contribution in [0.2, 0.25) is 0 Å². The van der Waals surface area contributed by atoms with Crippen LogP contribution in [-0.4, -0.2) is 22.8 Å². The van der Waals surface area contributed by atoms with Gasteiger partial charge < -0.3 is 20.7 Å². The first-order chi connectivity index (χ1) is 10.0. The number of nitrogens with two attached hydrogens (primary N) is 1. The Morgan fingerprint density at radius 1 is 1.24 bits per heavy atom. The van der Waals surface area contributed by atoms with Crippen LogP contribution in [0.5, 0.6) is 11.5 Å². The van der Waals surface area contributed by atoms with Crippen LogP contribution < -0.4 is 10.5 Å². The summed E-state index contributed by atoms with van der Waals surface area (Å²) >= 11 is 0. The lowest BCUT2D eigenvalue weighted by atomic mass is 10.1. The fourth-order valence-corrected chi connectivity index (χ4v) is 1.81. The number of aliphatic hydroxyl groups is 1. The second-order valence-electron chi connectivity index (χ2n) is 4.39. The molecule has 0 fully saturated rings. The van der Waals surface area contributed by atoms with Gasteiger partial charge in [-0.15, -0.1) is 0 Å². The number of ether oxygens (including phenoxy) is 1. The minimum absolute atomic E-state index is 0.0365. The second kappa shape index (κ2) is 6.23. The molecule has 0 atom stereocenters. The Labute approximate surface area is 120 Å². The summed E-state index contributed by atoms with van der Waals surface area (Å²) in [5, 5.41) is 17.8. The number of hydrogen-bond donors (Lipinski definition) is 3. The fraction of sp³-hybridized carbons (Fsp3) is 0.133. The summed E-state index contributed by atoms with van der Waals surface area (Å²) in [5.74, 6) is -1.85. The van der Waals surface area contributed by atoms with Gasteiger partial charge in [0.15, 0.2) is 11.6 Å². The molecule has 0 spiro atoms. The third-order valence-corrected chi connectivity index (χ3v) is 2.89. The van der Waals surface area contributed by atoms with Gasteiger partial charge in [0.25, 0.3) is 0 Å². The van der Waals surface area contributed by atoms with E-state index in [1.807, 2.05) is 0 Å². The molecule has 2 aromatic rings. The molecule has 2 rings (SSSR count). The number of rotatable bonds is 5. The van der Waals surface area contributed by atoms with Crippen molar-refractivity contribution in [3.05, 3.63) is 53.3 Å². The first-order valence-corrected chi connectivity index (χ1v) is 6.21. The average Bonchev–Trinajstić information content (AvgIpc) is 2.43. The monoisotopic (exact) mass is 291 g/mol. The normalized spacial score (nSPS) is 10.4. The highest BCUT2D eigenvalue weighted by atomic mass is 19.1. The van der Waals surface area contributed by atoms with Crippen molar-refractivity contribution in [1.29, 1.82) is 0 Å². The minimum atomic E-state index is -1.25. The van der Waals surface area contributed by atoms with Gasteiger partial charge in [-0.3, -0.25) is 0 Å². The van der Waals surface area contributed by atoms with Crippen LogP contribution in [0.25, 0.3) is 0 Å². The van der Waals surface area contributed by atoms with Gasteiger partial charge in [-0.05, 0) is 24.1 Å². The van der Waals surface area contributed by atoms with E-state index in [1.54, 1.807) is 24.3 Å². The molecule has 21 heavy (non-hydrogen) atoms. The maximum Gasteiger partial charge on any atom is 0.337 e. The molecule has 0 heterocycles. The topological polar surface area (TPSA) is 92.8 Å². The van der Waals surface area contributed by atoms with Crippen molar-refractivity contribution in [3.8, 4) is 11.5 Å². The summed E-state index contributed by atoms with van der Waals surface area (Å²) in [6.45, 7) is 0.0365. The number of carbonyl (C=O) groups is 1. The molecular weight excluding hydrogens is 277 g/mol. The lowest BCUT2D eigenvalue weighted by Crippen LogP contribution is -2.04. The second-order valence-corrected chi connectivity index (χ2v) is 4.39. The number of aromatic carboxylic acids is 1. The Balaban J connectivity index is 2.26. The third kappa shape index (κ3) is 3.49. The third-order valence-electron chi connectivity index (χ3n) is 2.89. The molecule has 0 aliphatic rings. The Hall–Kier alpha value is -2.60. The van der Waals surface area contributed by atoms with Crippen LogP contribution in [-0.2, 0) is 6.42 Å². The van der Waals surface area contributed by atoms with E-state index in [4.69, 9.17) is 20.7 Å². The lowest BCUT2D eigenvalue weighted by Gasteiger charge is -2.10. The van der Waals surface area contributed by atoms with Gasteiger partial charge in [0.05, 0.1) is 5.56 Å². The van der Waals surface area contributed by atoms with Crippen molar-refractivity contribution in [2.24, 2.45) is 0 Å². The molecule has 2 aromatic carbocycles. The van der Waals surface area contributed by atoms with Crippen LogP contribution >= 0.6 is 0 Å². The quantitative estimate of drug-likeness (QED) is 0.736. The summed E-state index contributed by atoms with van der Waals surface area (Å²) < 4.78 is 19.1. The van der Waals surface area contributed by atoms with Crippen molar-refractivity contribution in [2.75, 3.05) is 12.3 Å². The van der Waals surface area contributed by atoms with E-state index in [0.29, 0.717) is 12.2 Å². The van der Waals surface area contributed by atoms with Gasteiger partial charge in [-0.1, -0.05) is 12.1 Å². The van der Waals surface area contributed by atoms with Crippen LogP contribution in [0.1, 0.15) is 15.9 Å². The average molecular weight is 291 g/mol. The molecule has 0 aliphatic carbocycles. The molecule has 5 nitrogen and oxygen atoms in total. The molecule has 0 bridgehead atoms.